The number of hydrogen-bond acceptors (Lipinski definition) is 5. The number of halogens is 1. The molecule has 0 saturated heterocycles. The number of benzene rings is 2. The Bertz CT molecular complexity index is 889. The minimum atomic E-state index is -0.442. The van der Waals surface area contributed by atoms with Crippen molar-refractivity contribution in [2.24, 2.45) is 0 Å². The summed E-state index contributed by atoms with van der Waals surface area (Å²) in [5, 5.41) is 14.9. The second-order valence-corrected chi connectivity index (χ2v) is 6.20. The lowest BCUT2D eigenvalue weighted by Crippen LogP contribution is -2.28. The Kier molecular flexibility index (Phi) is 8.51. The summed E-state index contributed by atoms with van der Waals surface area (Å²) in [6.07, 6.45) is 2.63. The van der Waals surface area contributed by atoms with Gasteiger partial charge in [-0.15, -0.1) is 0 Å². The summed E-state index contributed by atoms with van der Waals surface area (Å²) in [7, 11) is 3.14. The average molecular weight is 397 g/mol. The molecule has 0 fully saturated rings. The summed E-state index contributed by atoms with van der Waals surface area (Å²) in [6, 6.07) is 13.6. The monoisotopic (exact) mass is 397 g/mol. The van der Waals surface area contributed by atoms with Crippen molar-refractivity contribution in [3.8, 4) is 17.6 Å². The van der Waals surface area contributed by atoms with Gasteiger partial charge in [0.25, 0.3) is 5.91 Å². The fraction of sp³-hybridized carbons (Fsp3) is 0.273. The number of carbonyl (C=O) groups excluding carboxylic acids is 1. The van der Waals surface area contributed by atoms with Crippen LogP contribution in [0.5, 0.6) is 11.5 Å². The zero-order valence-corrected chi connectivity index (χ0v) is 16.5. The van der Waals surface area contributed by atoms with Gasteiger partial charge in [-0.1, -0.05) is 18.2 Å². The average Bonchev–Trinajstić information content (AvgIpc) is 2.74. The van der Waals surface area contributed by atoms with Crippen LogP contribution in [0.15, 0.2) is 54.2 Å². The van der Waals surface area contributed by atoms with E-state index < -0.39 is 5.91 Å². The van der Waals surface area contributed by atoms with Gasteiger partial charge in [0.2, 0.25) is 0 Å². The zero-order chi connectivity index (χ0) is 21.1. The lowest BCUT2D eigenvalue weighted by molar-refractivity contribution is -0.117. The number of nitrogens with one attached hydrogen (secondary N) is 2. The van der Waals surface area contributed by atoms with Crippen LogP contribution in [0.25, 0.3) is 0 Å². The van der Waals surface area contributed by atoms with Gasteiger partial charge in [-0.05, 0) is 48.2 Å². The van der Waals surface area contributed by atoms with E-state index in [-0.39, 0.29) is 11.4 Å². The number of ether oxygens (including phenoxy) is 2. The van der Waals surface area contributed by atoms with E-state index in [1.807, 2.05) is 24.3 Å². The number of rotatable bonds is 10. The molecule has 0 aliphatic heterocycles. The van der Waals surface area contributed by atoms with Crippen LogP contribution in [0, 0.1) is 17.1 Å². The summed E-state index contributed by atoms with van der Waals surface area (Å²) in [6.45, 7) is 0.901. The third-order valence-electron chi connectivity index (χ3n) is 4.23. The van der Waals surface area contributed by atoms with Gasteiger partial charge in [0.1, 0.15) is 17.5 Å². The molecule has 0 radical (unpaired) electrons. The lowest BCUT2D eigenvalue weighted by atomic mass is 10.1. The highest BCUT2D eigenvalue weighted by Gasteiger charge is 2.09. The zero-order valence-electron chi connectivity index (χ0n) is 16.5. The first-order valence-electron chi connectivity index (χ1n) is 9.14. The first-order valence-corrected chi connectivity index (χ1v) is 9.14. The van der Waals surface area contributed by atoms with E-state index in [1.54, 1.807) is 26.4 Å². The van der Waals surface area contributed by atoms with E-state index in [0.717, 1.165) is 11.1 Å². The second kappa shape index (κ2) is 11.3. The maximum atomic E-state index is 12.9. The highest BCUT2D eigenvalue weighted by molar-refractivity contribution is 5.97. The number of amides is 1. The van der Waals surface area contributed by atoms with Gasteiger partial charge < -0.3 is 20.1 Å². The normalized spacial score (nSPS) is 10.8. The van der Waals surface area contributed by atoms with Crippen molar-refractivity contribution in [2.75, 3.05) is 27.3 Å². The molecule has 29 heavy (non-hydrogen) atoms. The molecule has 7 heteroatoms. The van der Waals surface area contributed by atoms with Gasteiger partial charge in [-0.2, -0.15) is 5.26 Å². The largest absolute Gasteiger partial charge is 0.493 e. The molecule has 1 amide bonds. The predicted molar refractivity (Wildman–Crippen MR) is 108 cm³/mol. The number of carbonyl (C=O) groups is 1. The molecule has 0 aliphatic carbocycles. The van der Waals surface area contributed by atoms with E-state index in [9.17, 15) is 14.4 Å². The SMILES string of the molecule is COc1ccc(CCNC(=O)/C(C#N)=C\NCCc2ccc(F)cc2)cc1OC. The van der Waals surface area contributed by atoms with Crippen molar-refractivity contribution >= 4 is 5.91 Å². The van der Waals surface area contributed by atoms with Gasteiger partial charge in [0.15, 0.2) is 11.5 Å². The summed E-state index contributed by atoms with van der Waals surface area (Å²) in [5.41, 5.74) is 1.93. The van der Waals surface area contributed by atoms with Crippen molar-refractivity contribution < 1.29 is 18.7 Å². The molecule has 2 aromatic rings. The molecule has 0 unspecified atom stereocenters. The fourth-order valence-electron chi connectivity index (χ4n) is 2.64. The number of methoxy groups -OCH3 is 2. The Morgan fingerprint density at radius 2 is 1.69 bits per heavy atom. The van der Waals surface area contributed by atoms with E-state index in [2.05, 4.69) is 10.6 Å². The van der Waals surface area contributed by atoms with Crippen LogP contribution in [0.4, 0.5) is 4.39 Å². The molecule has 0 heterocycles. The lowest BCUT2D eigenvalue weighted by Gasteiger charge is -2.10. The van der Waals surface area contributed by atoms with Gasteiger partial charge in [-0.3, -0.25) is 4.79 Å². The van der Waals surface area contributed by atoms with E-state index in [0.29, 0.717) is 37.4 Å². The minimum absolute atomic E-state index is 0.00332. The topological polar surface area (TPSA) is 83.4 Å². The van der Waals surface area contributed by atoms with Crippen LogP contribution in [0.1, 0.15) is 11.1 Å². The molecule has 2 rings (SSSR count). The summed E-state index contributed by atoms with van der Waals surface area (Å²) in [4.78, 5) is 12.2. The van der Waals surface area contributed by atoms with Gasteiger partial charge in [-0.25, -0.2) is 4.39 Å². The van der Waals surface area contributed by atoms with E-state index in [4.69, 9.17) is 9.47 Å². The van der Waals surface area contributed by atoms with Gasteiger partial charge in [0, 0.05) is 19.3 Å². The number of nitrogens with zero attached hydrogens (tertiary/aromatic N) is 1. The second-order valence-electron chi connectivity index (χ2n) is 6.20. The summed E-state index contributed by atoms with van der Waals surface area (Å²) in [5.74, 6) is 0.543. The molecular formula is C22H24FN3O3. The quantitative estimate of drug-likeness (QED) is 0.366. The molecule has 0 saturated carbocycles. The number of nitriles is 1. The van der Waals surface area contributed by atoms with Crippen molar-refractivity contribution in [1.29, 1.82) is 5.26 Å². The molecule has 152 valence electrons. The van der Waals surface area contributed by atoms with Gasteiger partial charge in [0.05, 0.1) is 14.2 Å². The van der Waals surface area contributed by atoms with E-state index in [1.165, 1.54) is 18.3 Å². The Hall–Kier alpha value is -3.53. The maximum Gasteiger partial charge on any atom is 0.263 e. The van der Waals surface area contributed by atoms with Crippen molar-refractivity contribution in [3.05, 3.63) is 71.2 Å². The Balaban J connectivity index is 1.79. The highest BCUT2D eigenvalue weighted by Crippen LogP contribution is 2.27. The van der Waals surface area contributed by atoms with Crippen LogP contribution < -0.4 is 20.1 Å². The Labute approximate surface area is 169 Å². The molecule has 6 nitrogen and oxygen atoms in total. The van der Waals surface area contributed by atoms with Crippen LogP contribution in [0.2, 0.25) is 0 Å². The maximum absolute atomic E-state index is 12.9. The molecule has 2 N–H and O–H groups in total. The first-order chi connectivity index (χ1) is 14.1. The van der Waals surface area contributed by atoms with Crippen molar-refractivity contribution in [1.82, 2.24) is 10.6 Å². The fourth-order valence-corrected chi connectivity index (χ4v) is 2.64. The standard InChI is InChI=1S/C22H24FN3O3/c1-28-20-8-5-17(13-21(20)29-2)10-12-26-22(27)18(14-24)15-25-11-9-16-3-6-19(23)7-4-16/h3-8,13,15,25H,9-12H2,1-2H3,(H,26,27)/b18-15-. The van der Waals surface area contributed by atoms with Crippen LogP contribution in [-0.2, 0) is 17.6 Å². The van der Waals surface area contributed by atoms with Gasteiger partial charge >= 0.3 is 0 Å². The van der Waals surface area contributed by atoms with E-state index >= 15 is 0 Å². The van der Waals surface area contributed by atoms with Crippen LogP contribution in [0.3, 0.4) is 0 Å². The molecule has 0 spiro atoms. The molecular weight excluding hydrogens is 373 g/mol. The predicted octanol–water partition coefficient (Wildman–Crippen LogP) is 2.74. The third kappa shape index (κ3) is 6.85. The molecule has 2 aromatic carbocycles. The molecule has 0 bridgehead atoms. The first kappa shape index (κ1) is 21.8. The summed E-state index contributed by atoms with van der Waals surface area (Å²) < 4.78 is 23.3. The molecule has 0 aromatic heterocycles. The number of hydrogen-bond donors (Lipinski definition) is 2. The highest BCUT2D eigenvalue weighted by atomic mass is 19.1. The molecule has 0 atom stereocenters. The minimum Gasteiger partial charge on any atom is -0.493 e. The van der Waals surface area contributed by atoms with Crippen molar-refractivity contribution in [2.45, 2.75) is 12.8 Å². The smallest absolute Gasteiger partial charge is 0.263 e. The van der Waals surface area contributed by atoms with Crippen molar-refractivity contribution in [3.63, 3.8) is 0 Å². The Morgan fingerprint density at radius 1 is 1.03 bits per heavy atom. The third-order valence-corrected chi connectivity index (χ3v) is 4.23. The molecule has 0 aliphatic rings. The Morgan fingerprint density at radius 3 is 2.34 bits per heavy atom. The van der Waals surface area contributed by atoms with Crippen LogP contribution in [-0.4, -0.2) is 33.2 Å². The summed E-state index contributed by atoms with van der Waals surface area (Å²) >= 11 is 0. The van der Waals surface area contributed by atoms with Crippen LogP contribution >= 0.6 is 0 Å².